The summed E-state index contributed by atoms with van der Waals surface area (Å²) in [6.07, 6.45) is -11.4. The summed E-state index contributed by atoms with van der Waals surface area (Å²) in [5.41, 5.74) is -7.72. The molecule has 0 unspecified atom stereocenters. The third-order valence-corrected chi connectivity index (χ3v) is 18.0. The van der Waals surface area contributed by atoms with E-state index in [1.807, 2.05) is 6.92 Å². The van der Waals surface area contributed by atoms with Gasteiger partial charge in [-0.2, -0.15) is 25.9 Å². The number of carbonyl (C=O) groups excluding carboxylic acids is 1. The summed E-state index contributed by atoms with van der Waals surface area (Å²) in [4.78, 5) is 17.1. The number of anilines is 1. The average Bonchev–Trinajstić information content (AvgIpc) is 3.34. The molecule has 0 bridgehead atoms. The topological polar surface area (TPSA) is 250 Å². The fraction of sp³-hybridized carbons (Fsp3) is 0.865. The highest BCUT2D eigenvalue weighted by molar-refractivity contribution is 7.90. The number of piperidine rings is 1. The second-order valence-corrected chi connectivity index (χ2v) is 24.4. The van der Waals surface area contributed by atoms with Gasteiger partial charge in [0.15, 0.2) is 12.6 Å². The maximum Gasteiger partial charge on any atom is 0.416 e. The minimum absolute atomic E-state index is 0.0151. The van der Waals surface area contributed by atoms with Crippen molar-refractivity contribution in [1.29, 1.82) is 0 Å². The maximum absolute atomic E-state index is 14.6. The molecule has 4 saturated heterocycles. The lowest BCUT2D eigenvalue weighted by Crippen LogP contribution is -2.70. The van der Waals surface area contributed by atoms with E-state index in [1.54, 1.807) is 48.5 Å². The number of hydrogen-bond donors (Lipinski definition) is 8. The summed E-state index contributed by atoms with van der Waals surface area (Å²) in [7, 11) is -1.84. The van der Waals surface area contributed by atoms with Gasteiger partial charge in [-0.1, -0.05) is 27.2 Å². The number of carbonyl (C=O) groups is 1. The molecule has 23 heteroatoms. The van der Waals surface area contributed by atoms with Crippen molar-refractivity contribution in [1.82, 2.24) is 19.8 Å². The Kier molecular flexibility index (Phi) is 21.9. The first-order valence-corrected chi connectivity index (χ1v) is 28.3. The Bertz CT molecular complexity index is 2070. The Balaban J connectivity index is 1.49. The highest BCUT2D eigenvalue weighted by Crippen LogP contribution is 2.43. The van der Waals surface area contributed by atoms with Gasteiger partial charge in [-0.05, 0) is 150 Å². The highest BCUT2D eigenvalue weighted by Gasteiger charge is 2.58. The third-order valence-electron chi connectivity index (χ3n) is 16.5. The van der Waals surface area contributed by atoms with Crippen LogP contribution in [0.5, 0.6) is 0 Å². The van der Waals surface area contributed by atoms with Crippen molar-refractivity contribution < 1.29 is 80.3 Å². The van der Waals surface area contributed by atoms with Crippen molar-refractivity contribution in [3.8, 4) is 0 Å². The first-order valence-electron chi connectivity index (χ1n) is 26.8. The van der Waals surface area contributed by atoms with Crippen molar-refractivity contribution in [2.45, 2.75) is 217 Å². The number of nitrogens with zero attached hydrogens (tertiary/aromatic N) is 2. The van der Waals surface area contributed by atoms with Crippen molar-refractivity contribution in [2.24, 2.45) is 17.8 Å². The number of likely N-dealkylation sites (tertiary alicyclic amines) is 1. The van der Waals surface area contributed by atoms with E-state index in [2.05, 4.69) is 20.3 Å². The van der Waals surface area contributed by atoms with Crippen LogP contribution < -0.4 is 15.4 Å². The lowest BCUT2D eigenvalue weighted by molar-refractivity contribution is -0.336. The minimum atomic E-state index is -4.64. The zero-order chi connectivity index (χ0) is 56.1. The molecule has 4 aliphatic heterocycles. The van der Waals surface area contributed by atoms with Crippen LogP contribution in [0.25, 0.3) is 0 Å². The molecule has 1 aromatic carbocycles. The molecule has 0 saturated carbocycles. The van der Waals surface area contributed by atoms with Crippen molar-refractivity contribution >= 4 is 21.9 Å². The Labute approximate surface area is 443 Å². The molecule has 4 fully saturated rings. The Morgan fingerprint density at radius 1 is 0.947 bits per heavy atom. The van der Waals surface area contributed by atoms with Gasteiger partial charge in [-0.3, -0.25) is 9.52 Å². The van der Waals surface area contributed by atoms with Crippen molar-refractivity contribution in [2.75, 3.05) is 58.1 Å². The Morgan fingerprint density at radius 2 is 1.59 bits per heavy atom. The number of halogens is 3. The van der Waals surface area contributed by atoms with Crippen LogP contribution in [0.1, 0.15) is 126 Å². The number of esters is 1. The van der Waals surface area contributed by atoms with E-state index >= 15 is 0 Å². The average molecular weight is 1100 g/mol. The number of benzene rings is 1. The second kappa shape index (κ2) is 25.9. The number of cyclic esters (lactones) is 1. The number of ether oxygens (including phenoxy) is 6. The maximum atomic E-state index is 14.6. The molecule has 4 heterocycles. The molecule has 5 rings (SSSR count). The summed E-state index contributed by atoms with van der Waals surface area (Å²) in [5.74, 6) is -3.42. The Hall–Kier alpha value is -2.33. The highest BCUT2D eigenvalue weighted by atomic mass is 32.2. The summed E-state index contributed by atoms with van der Waals surface area (Å²) in [6, 6.07) is 1.50. The predicted octanol–water partition coefficient (Wildman–Crippen LogP) is 4.14. The molecule has 19 nitrogen and oxygen atoms in total. The number of likely N-dealkylation sites (N-methyl/N-ethyl adjacent to an activating group) is 1. The van der Waals surface area contributed by atoms with Crippen molar-refractivity contribution in [3.05, 3.63) is 29.8 Å². The molecule has 0 radical (unpaired) electrons. The van der Waals surface area contributed by atoms with E-state index in [0.29, 0.717) is 6.54 Å². The molecule has 0 amide bonds. The van der Waals surface area contributed by atoms with Crippen LogP contribution in [0.15, 0.2) is 24.3 Å². The van der Waals surface area contributed by atoms with Gasteiger partial charge >= 0.3 is 22.4 Å². The number of aliphatic hydroxyl groups excluding tert-OH is 2. The van der Waals surface area contributed by atoms with E-state index in [0.717, 1.165) is 54.6 Å². The molecule has 18 atom stereocenters. The standard InChI is InChI=1S/C52H90F3N5O14S/c1-13-40-50(10,65)44(62)35(6)57-29-31(2)27-48(8,64)45(74-47-42(61)39(26-32(3)70-47)59(11)75(67,68)58-38-20-18-37(19-21-38)52(53,54)55)33(4)43(34(5)46(63)72-40)73-41-28-49(9,69-12)51(66,36(7)71-41)30-56-22-17-25-60-23-15-14-16-24-60/h18-21,31-36,39-45,47,56-58,61-62,64-66H,13-17,22-30H2,1-12H3/t31-,32-,33+,34-,35-,36+,39+,40-,41+,42-,43+,44-,45-,47+,48-,49-,50-,51+/m1/s1. The SMILES string of the molecule is CC[C@H]1OC(=O)[C@H](C)[C@@H](O[C@H]2C[C@@](C)(OC)[C@](O)(CNCCCN3CCCCC3)[C@H](C)O2)[C@H](C)[C@@H](O[C@@H]2O[C@H](C)C[C@H](N(C)S(=O)(=O)Nc3ccc(C(F)(F)F)cc3)[C@H]2O)[C@](C)(O)C[C@@H](C)CN[C@H](C)[C@@H](O)[C@]1(C)O. The lowest BCUT2D eigenvalue weighted by atomic mass is 9.75. The van der Waals surface area contributed by atoms with Gasteiger partial charge in [0.05, 0.1) is 47.5 Å². The minimum Gasteiger partial charge on any atom is -0.459 e. The predicted molar refractivity (Wildman–Crippen MR) is 274 cm³/mol. The smallest absolute Gasteiger partial charge is 0.416 e. The molecule has 1 aromatic rings. The fourth-order valence-electron chi connectivity index (χ4n) is 11.6. The third kappa shape index (κ3) is 15.3. The molecular weight excluding hydrogens is 1010 g/mol. The van der Waals surface area contributed by atoms with Gasteiger partial charge < -0.3 is 69.5 Å². The van der Waals surface area contributed by atoms with E-state index in [-0.39, 0.29) is 50.4 Å². The van der Waals surface area contributed by atoms with E-state index in [1.165, 1.54) is 47.3 Å². The molecular formula is C52H90F3N5O14S. The number of alkyl halides is 3. The van der Waals surface area contributed by atoms with Gasteiger partial charge in [-0.25, -0.2) is 0 Å². The summed E-state index contributed by atoms with van der Waals surface area (Å²) >= 11 is 0. The van der Waals surface area contributed by atoms with Gasteiger partial charge in [0.1, 0.15) is 35.1 Å². The largest absolute Gasteiger partial charge is 0.459 e. The van der Waals surface area contributed by atoms with E-state index in [4.69, 9.17) is 28.4 Å². The van der Waals surface area contributed by atoms with Crippen LogP contribution in [0.3, 0.4) is 0 Å². The van der Waals surface area contributed by atoms with Crippen LogP contribution in [0.2, 0.25) is 0 Å². The summed E-state index contributed by atoms with van der Waals surface area (Å²) in [6.45, 7) is 20.6. The van der Waals surface area contributed by atoms with E-state index < -0.39 is 130 Å². The number of nitrogens with one attached hydrogen (secondary N) is 3. The summed E-state index contributed by atoms with van der Waals surface area (Å²) < 4.78 is 109. The number of rotatable bonds is 16. The number of methoxy groups -OCH3 is 1. The second-order valence-electron chi connectivity index (χ2n) is 22.7. The van der Waals surface area contributed by atoms with Crippen LogP contribution in [-0.4, -0.2) is 192 Å². The van der Waals surface area contributed by atoms with Crippen LogP contribution in [0.4, 0.5) is 18.9 Å². The Morgan fingerprint density at radius 3 is 2.19 bits per heavy atom. The zero-order valence-corrected chi connectivity index (χ0v) is 47.0. The summed E-state index contributed by atoms with van der Waals surface area (Å²) in [5, 5.41) is 67.3. The molecule has 4 aliphatic rings. The molecule has 0 aromatic heterocycles. The number of aliphatic hydroxyl groups is 5. The first-order chi connectivity index (χ1) is 34.8. The molecule has 8 N–H and O–H groups in total. The number of hydrogen-bond acceptors (Lipinski definition) is 17. The monoisotopic (exact) mass is 1100 g/mol. The molecule has 434 valence electrons. The normalized spacial score (nSPS) is 40.6. The van der Waals surface area contributed by atoms with Gasteiger partial charge in [-0.15, -0.1) is 0 Å². The van der Waals surface area contributed by atoms with Gasteiger partial charge in [0, 0.05) is 44.8 Å². The molecule has 0 aliphatic carbocycles. The van der Waals surface area contributed by atoms with Crippen LogP contribution >= 0.6 is 0 Å². The van der Waals surface area contributed by atoms with E-state index in [9.17, 15) is 51.9 Å². The lowest BCUT2D eigenvalue weighted by Gasteiger charge is -2.53. The quantitative estimate of drug-likeness (QED) is 0.0856. The fourth-order valence-corrected chi connectivity index (χ4v) is 12.8. The van der Waals surface area contributed by atoms with Crippen molar-refractivity contribution in [3.63, 3.8) is 0 Å². The van der Waals surface area contributed by atoms with Gasteiger partial charge in [0.2, 0.25) is 0 Å². The first kappa shape index (κ1) is 63.5. The van der Waals surface area contributed by atoms with Crippen LogP contribution in [-0.2, 0) is 49.6 Å². The van der Waals surface area contributed by atoms with Gasteiger partial charge in [0.25, 0.3) is 0 Å². The molecule has 75 heavy (non-hydrogen) atoms. The molecule has 0 spiro atoms. The zero-order valence-electron chi connectivity index (χ0n) is 46.1. The van der Waals surface area contributed by atoms with Crippen LogP contribution in [0, 0.1) is 17.8 Å².